The highest BCUT2D eigenvalue weighted by Crippen LogP contribution is 2.17. The van der Waals surface area contributed by atoms with E-state index >= 15 is 0 Å². The summed E-state index contributed by atoms with van der Waals surface area (Å²) < 4.78 is 11.3. The highest BCUT2D eigenvalue weighted by molar-refractivity contribution is 5.92. The van der Waals surface area contributed by atoms with Gasteiger partial charge >= 0.3 is 0 Å². The van der Waals surface area contributed by atoms with Gasteiger partial charge in [0, 0.05) is 11.8 Å². The van der Waals surface area contributed by atoms with Crippen molar-refractivity contribution < 1.29 is 14.3 Å². The van der Waals surface area contributed by atoms with Gasteiger partial charge in [-0.2, -0.15) is 0 Å². The maximum absolute atomic E-state index is 12.3. The maximum atomic E-state index is 12.3. The smallest absolute Gasteiger partial charge is 0.238 e. The van der Waals surface area contributed by atoms with E-state index in [2.05, 4.69) is 24.1 Å². The first-order valence-corrected chi connectivity index (χ1v) is 9.64. The molecular weight excluding hydrogens is 340 g/mol. The minimum Gasteiger partial charge on any atom is -0.490 e. The lowest BCUT2D eigenvalue weighted by atomic mass is 10.3. The number of para-hydroxylation sites is 1. The number of rotatable bonds is 12. The van der Waals surface area contributed by atoms with Crippen LogP contribution in [0, 0.1) is 0 Å². The fourth-order valence-corrected chi connectivity index (χ4v) is 2.81. The number of nitrogens with one attached hydrogen (secondary N) is 1. The van der Waals surface area contributed by atoms with E-state index < -0.39 is 0 Å². The predicted octanol–water partition coefficient (Wildman–Crippen LogP) is 4.20. The van der Waals surface area contributed by atoms with Crippen LogP contribution in [-0.2, 0) is 4.79 Å². The van der Waals surface area contributed by atoms with E-state index in [1.807, 2.05) is 54.6 Å². The summed E-state index contributed by atoms with van der Waals surface area (Å²) in [6.07, 6.45) is 2.09. The quantitative estimate of drug-likeness (QED) is 0.569. The van der Waals surface area contributed by atoms with Crippen molar-refractivity contribution in [3.05, 3.63) is 54.6 Å². The van der Waals surface area contributed by atoms with Crippen LogP contribution in [0.4, 0.5) is 5.69 Å². The molecule has 27 heavy (non-hydrogen) atoms. The van der Waals surface area contributed by atoms with Crippen LogP contribution in [0.15, 0.2) is 54.6 Å². The van der Waals surface area contributed by atoms with Crippen LogP contribution in [0.5, 0.6) is 11.5 Å². The Bertz CT molecular complexity index is 670. The number of nitrogens with zero attached hydrogens (tertiary/aromatic N) is 1. The summed E-state index contributed by atoms with van der Waals surface area (Å²) in [5, 5.41) is 2.95. The van der Waals surface area contributed by atoms with Gasteiger partial charge in [-0.15, -0.1) is 0 Å². The van der Waals surface area contributed by atoms with Crippen molar-refractivity contribution >= 4 is 11.6 Å². The number of benzene rings is 2. The van der Waals surface area contributed by atoms with Crippen LogP contribution in [0.25, 0.3) is 0 Å². The van der Waals surface area contributed by atoms with Gasteiger partial charge < -0.3 is 14.8 Å². The molecule has 0 unspecified atom stereocenters. The minimum absolute atomic E-state index is 0.00135. The predicted molar refractivity (Wildman–Crippen MR) is 110 cm³/mol. The number of carbonyl (C=O) groups excluding carboxylic acids is 1. The Kier molecular flexibility index (Phi) is 9.21. The molecule has 0 radical (unpaired) electrons. The van der Waals surface area contributed by atoms with Gasteiger partial charge in [0.2, 0.25) is 5.91 Å². The number of amides is 1. The fraction of sp³-hybridized carbons (Fsp3) is 0.409. The van der Waals surface area contributed by atoms with Crippen LogP contribution >= 0.6 is 0 Å². The summed E-state index contributed by atoms with van der Waals surface area (Å²) in [6.45, 7) is 7.44. The first-order valence-electron chi connectivity index (χ1n) is 9.64. The van der Waals surface area contributed by atoms with Gasteiger partial charge in [0.1, 0.15) is 24.7 Å². The summed E-state index contributed by atoms with van der Waals surface area (Å²) in [4.78, 5) is 14.5. The van der Waals surface area contributed by atoms with Crippen molar-refractivity contribution in [2.45, 2.75) is 26.7 Å². The molecule has 0 bridgehead atoms. The fourth-order valence-electron chi connectivity index (χ4n) is 2.81. The maximum Gasteiger partial charge on any atom is 0.238 e. The van der Waals surface area contributed by atoms with Crippen molar-refractivity contribution in [3.63, 3.8) is 0 Å². The molecule has 0 spiro atoms. The molecule has 0 aliphatic rings. The first-order chi connectivity index (χ1) is 13.2. The highest BCUT2D eigenvalue weighted by Gasteiger charge is 2.09. The van der Waals surface area contributed by atoms with Crippen molar-refractivity contribution in [2.75, 3.05) is 38.2 Å². The Morgan fingerprint density at radius 3 is 2.19 bits per heavy atom. The van der Waals surface area contributed by atoms with Crippen molar-refractivity contribution in [1.29, 1.82) is 0 Å². The second-order valence-corrected chi connectivity index (χ2v) is 6.36. The van der Waals surface area contributed by atoms with E-state index in [1.54, 1.807) is 0 Å². The van der Waals surface area contributed by atoms with Gasteiger partial charge in [0.25, 0.3) is 0 Å². The third-order valence-corrected chi connectivity index (χ3v) is 3.93. The zero-order valence-electron chi connectivity index (χ0n) is 16.3. The molecule has 0 saturated carbocycles. The van der Waals surface area contributed by atoms with Crippen LogP contribution in [0.3, 0.4) is 0 Å². The number of anilines is 1. The summed E-state index contributed by atoms with van der Waals surface area (Å²) >= 11 is 0. The Hall–Kier alpha value is -2.53. The molecule has 1 N–H and O–H groups in total. The monoisotopic (exact) mass is 370 g/mol. The Labute approximate surface area is 162 Å². The lowest BCUT2D eigenvalue weighted by molar-refractivity contribution is -0.117. The zero-order valence-corrected chi connectivity index (χ0v) is 16.3. The molecule has 0 heterocycles. The topological polar surface area (TPSA) is 50.8 Å². The second-order valence-electron chi connectivity index (χ2n) is 6.36. The number of hydrogen-bond acceptors (Lipinski definition) is 4. The lowest BCUT2D eigenvalue weighted by Gasteiger charge is -2.20. The average molecular weight is 370 g/mol. The molecule has 0 aliphatic carbocycles. The molecule has 0 atom stereocenters. The van der Waals surface area contributed by atoms with Crippen LogP contribution in [0.1, 0.15) is 26.7 Å². The summed E-state index contributed by atoms with van der Waals surface area (Å²) in [7, 11) is 0. The molecule has 2 rings (SSSR count). The molecule has 5 nitrogen and oxygen atoms in total. The molecule has 0 aromatic heterocycles. The summed E-state index contributed by atoms with van der Waals surface area (Å²) in [6, 6.07) is 17.1. The zero-order chi connectivity index (χ0) is 19.3. The van der Waals surface area contributed by atoms with E-state index in [9.17, 15) is 4.79 Å². The molecular formula is C22H30N2O3. The van der Waals surface area contributed by atoms with E-state index in [0.717, 1.165) is 37.4 Å². The number of ether oxygens (including phenoxy) is 2. The van der Waals surface area contributed by atoms with E-state index in [1.165, 1.54) is 0 Å². The summed E-state index contributed by atoms with van der Waals surface area (Å²) in [5.41, 5.74) is 0.745. The SMILES string of the molecule is CCCN(CCC)CC(=O)Nc1cccc(OCCOc2ccccc2)c1. The molecule has 146 valence electrons. The van der Waals surface area contributed by atoms with Crippen molar-refractivity contribution in [3.8, 4) is 11.5 Å². The lowest BCUT2D eigenvalue weighted by Crippen LogP contribution is -2.34. The third-order valence-electron chi connectivity index (χ3n) is 3.93. The molecule has 5 heteroatoms. The van der Waals surface area contributed by atoms with Crippen molar-refractivity contribution in [1.82, 2.24) is 4.90 Å². The molecule has 2 aromatic rings. The van der Waals surface area contributed by atoms with E-state index in [4.69, 9.17) is 9.47 Å². The molecule has 2 aromatic carbocycles. The molecule has 1 amide bonds. The van der Waals surface area contributed by atoms with Gasteiger partial charge in [0.15, 0.2) is 0 Å². The molecule has 0 aliphatic heterocycles. The van der Waals surface area contributed by atoms with Crippen molar-refractivity contribution in [2.24, 2.45) is 0 Å². The van der Waals surface area contributed by atoms with Crippen LogP contribution < -0.4 is 14.8 Å². The molecule has 0 saturated heterocycles. The second kappa shape index (κ2) is 12.0. The largest absolute Gasteiger partial charge is 0.490 e. The Morgan fingerprint density at radius 2 is 1.52 bits per heavy atom. The van der Waals surface area contributed by atoms with Gasteiger partial charge in [-0.25, -0.2) is 0 Å². The Morgan fingerprint density at radius 1 is 0.889 bits per heavy atom. The van der Waals surface area contributed by atoms with E-state index in [-0.39, 0.29) is 5.91 Å². The van der Waals surface area contributed by atoms with Gasteiger partial charge in [-0.1, -0.05) is 38.1 Å². The van der Waals surface area contributed by atoms with Crippen LogP contribution in [0.2, 0.25) is 0 Å². The van der Waals surface area contributed by atoms with Gasteiger partial charge in [-0.3, -0.25) is 9.69 Å². The first kappa shape index (κ1) is 20.8. The molecule has 0 fully saturated rings. The minimum atomic E-state index is 0.00135. The van der Waals surface area contributed by atoms with Gasteiger partial charge in [-0.05, 0) is 50.2 Å². The van der Waals surface area contributed by atoms with E-state index in [0.29, 0.717) is 25.5 Å². The standard InChI is InChI=1S/C22H30N2O3/c1-3-13-24(14-4-2)18-22(25)23-19-9-8-12-21(17-19)27-16-15-26-20-10-6-5-7-11-20/h5-12,17H,3-4,13-16,18H2,1-2H3,(H,23,25). The number of hydrogen-bond donors (Lipinski definition) is 1. The van der Waals surface area contributed by atoms with Gasteiger partial charge in [0.05, 0.1) is 6.54 Å². The Balaban J connectivity index is 1.77. The summed E-state index contributed by atoms with van der Waals surface area (Å²) in [5.74, 6) is 1.54. The number of carbonyl (C=O) groups is 1. The van der Waals surface area contributed by atoms with Crippen LogP contribution in [-0.4, -0.2) is 43.7 Å². The highest BCUT2D eigenvalue weighted by atomic mass is 16.5. The third kappa shape index (κ3) is 8.13. The average Bonchev–Trinajstić information content (AvgIpc) is 2.67. The normalized spacial score (nSPS) is 10.6.